The maximum Gasteiger partial charge on any atom is 0.261 e. The van der Waals surface area contributed by atoms with Crippen molar-refractivity contribution in [2.75, 3.05) is 5.32 Å². The number of nitrogens with zero attached hydrogens (tertiary/aromatic N) is 4. The van der Waals surface area contributed by atoms with Gasteiger partial charge in [-0.1, -0.05) is 0 Å². The van der Waals surface area contributed by atoms with Gasteiger partial charge in [0.2, 0.25) is 5.91 Å². The third-order valence-corrected chi connectivity index (χ3v) is 4.36. The summed E-state index contributed by atoms with van der Waals surface area (Å²) in [6.45, 7) is 0.703. The monoisotopic (exact) mass is 337 g/mol. The molecular weight excluding hydrogens is 318 g/mol. The summed E-state index contributed by atoms with van der Waals surface area (Å²) >= 11 is 0. The molecule has 7 nitrogen and oxygen atoms in total. The third kappa shape index (κ3) is 3.45. The zero-order valence-corrected chi connectivity index (χ0v) is 13.8. The lowest BCUT2D eigenvalue weighted by atomic mass is 10.2. The van der Waals surface area contributed by atoms with Crippen LogP contribution in [0.15, 0.2) is 47.8 Å². The predicted molar refractivity (Wildman–Crippen MR) is 94.4 cm³/mol. The summed E-state index contributed by atoms with van der Waals surface area (Å²) in [5.41, 5.74) is 1.24. The average Bonchev–Trinajstić information content (AvgIpc) is 3.31. The van der Waals surface area contributed by atoms with Gasteiger partial charge in [-0.2, -0.15) is 5.10 Å². The number of nitrogens with one attached hydrogen (secondary N) is 1. The maximum atomic E-state index is 12.6. The summed E-state index contributed by atoms with van der Waals surface area (Å²) in [7, 11) is 0. The molecule has 1 saturated carbocycles. The highest BCUT2D eigenvalue weighted by atomic mass is 16.1. The molecule has 128 valence electrons. The number of hydrogen-bond donors (Lipinski definition) is 1. The van der Waals surface area contributed by atoms with E-state index in [4.69, 9.17) is 0 Å². The SMILES string of the molecule is O=C(CCCn1cccn1)Nc1ccc2ncn(C3CC3)c(=O)c2c1. The molecule has 25 heavy (non-hydrogen) atoms. The molecule has 0 atom stereocenters. The normalized spacial score (nSPS) is 13.9. The minimum atomic E-state index is -0.0714. The highest BCUT2D eigenvalue weighted by molar-refractivity contribution is 5.93. The van der Waals surface area contributed by atoms with E-state index >= 15 is 0 Å². The summed E-state index contributed by atoms with van der Waals surface area (Å²) in [6, 6.07) is 7.41. The number of hydrogen-bond acceptors (Lipinski definition) is 4. The van der Waals surface area contributed by atoms with E-state index in [1.807, 2.05) is 12.3 Å². The van der Waals surface area contributed by atoms with Crippen molar-refractivity contribution in [1.29, 1.82) is 0 Å². The van der Waals surface area contributed by atoms with Gasteiger partial charge >= 0.3 is 0 Å². The molecule has 2 heterocycles. The Hall–Kier alpha value is -2.96. The number of rotatable bonds is 6. The van der Waals surface area contributed by atoms with E-state index < -0.39 is 0 Å². The largest absolute Gasteiger partial charge is 0.326 e. The summed E-state index contributed by atoms with van der Waals surface area (Å²) < 4.78 is 3.49. The Morgan fingerprint density at radius 3 is 2.96 bits per heavy atom. The first-order valence-electron chi connectivity index (χ1n) is 8.49. The molecule has 7 heteroatoms. The fraction of sp³-hybridized carbons (Fsp3) is 0.333. The minimum Gasteiger partial charge on any atom is -0.326 e. The number of carbonyl (C=O) groups is 1. The lowest BCUT2D eigenvalue weighted by Crippen LogP contribution is -2.20. The van der Waals surface area contributed by atoms with Crippen LogP contribution < -0.4 is 10.9 Å². The summed E-state index contributed by atoms with van der Waals surface area (Å²) in [5.74, 6) is -0.0714. The number of fused-ring (bicyclic) bond motifs is 1. The van der Waals surface area contributed by atoms with Crippen LogP contribution in [0.5, 0.6) is 0 Å². The summed E-state index contributed by atoms with van der Waals surface area (Å²) in [5, 5.41) is 7.52. The Morgan fingerprint density at radius 1 is 1.32 bits per heavy atom. The first kappa shape index (κ1) is 15.6. The smallest absolute Gasteiger partial charge is 0.261 e. The van der Waals surface area contributed by atoms with Crippen LogP contribution in [0.3, 0.4) is 0 Å². The van der Waals surface area contributed by atoms with Gasteiger partial charge in [-0.3, -0.25) is 18.8 Å². The molecule has 4 rings (SSSR count). The van der Waals surface area contributed by atoms with Crippen LogP contribution in [0, 0.1) is 0 Å². The zero-order valence-electron chi connectivity index (χ0n) is 13.8. The standard InChI is InChI=1S/C18H19N5O2/c24-17(3-1-9-22-10-2-8-20-22)21-13-4-7-16-15(11-13)18(25)23(12-19-16)14-5-6-14/h2,4,7-8,10-12,14H,1,3,5-6,9H2,(H,21,24). The first-order valence-corrected chi connectivity index (χ1v) is 8.49. The zero-order chi connectivity index (χ0) is 17.2. The van der Waals surface area contributed by atoms with Crippen molar-refractivity contribution in [2.24, 2.45) is 0 Å². The Labute approximate surface area is 144 Å². The van der Waals surface area contributed by atoms with E-state index in [0.717, 1.165) is 12.8 Å². The molecule has 1 aliphatic rings. The van der Waals surface area contributed by atoms with Gasteiger partial charge in [0.15, 0.2) is 0 Å². The van der Waals surface area contributed by atoms with Crippen molar-refractivity contribution in [3.05, 3.63) is 53.3 Å². The lowest BCUT2D eigenvalue weighted by molar-refractivity contribution is -0.116. The molecule has 2 aromatic heterocycles. The van der Waals surface area contributed by atoms with Gasteiger partial charge in [0.05, 0.1) is 17.2 Å². The second-order valence-corrected chi connectivity index (χ2v) is 6.34. The molecule has 0 saturated heterocycles. The second kappa shape index (κ2) is 6.51. The van der Waals surface area contributed by atoms with E-state index in [0.29, 0.717) is 36.0 Å². The molecule has 1 fully saturated rings. The van der Waals surface area contributed by atoms with Gasteiger partial charge in [0.25, 0.3) is 5.56 Å². The minimum absolute atomic E-state index is 0.0396. The molecule has 0 bridgehead atoms. The Balaban J connectivity index is 1.44. The number of carbonyl (C=O) groups excluding carboxylic acids is 1. The molecular formula is C18H19N5O2. The van der Waals surface area contributed by atoms with E-state index in [9.17, 15) is 9.59 Å². The van der Waals surface area contributed by atoms with Crippen LogP contribution in [0.25, 0.3) is 10.9 Å². The van der Waals surface area contributed by atoms with Crippen molar-refractivity contribution in [1.82, 2.24) is 19.3 Å². The van der Waals surface area contributed by atoms with Gasteiger partial charge in [0.1, 0.15) is 0 Å². The molecule has 0 aliphatic heterocycles. The highest BCUT2D eigenvalue weighted by Gasteiger charge is 2.25. The third-order valence-electron chi connectivity index (χ3n) is 4.36. The second-order valence-electron chi connectivity index (χ2n) is 6.34. The molecule has 3 aromatic rings. The van der Waals surface area contributed by atoms with Crippen LogP contribution >= 0.6 is 0 Å². The van der Waals surface area contributed by atoms with Crippen LogP contribution in [0.4, 0.5) is 5.69 Å². The van der Waals surface area contributed by atoms with Crippen molar-refractivity contribution >= 4 is 22.5 Å². The number of anilines is 1. The number of aromatic nitrogens is 4. The van der Waals surface area contributed by atoms with Gasteiger partial charge in [0, 0.05) is 37.1 Å². The molecule has 0 unspecified atom stereocenters. The van der Waals surface area contributed by atoms with E-state index in [1.54, 1.807) is 40.0 Å². The van der Waals surface area contributed by atoms with Gasteiger partial charge in [-0.05, 0) is 43.5 Å². The van der Waals surface area contributed by atoms with Crippen LogP contribution in [-0.4, -0.2) is 25.2 Å². The van der Waals surface area contributed by atoms with Crippen molar-refractivity contribution in [3.8, 4) is 0 Å². The van der Waals surface area contributed by atoms with Crippen molar-refractivity contribution in [3.63, 3.8) is 0 Å². The lowest BCUT2D eigenvalue weighted by Gasteiger charge is -2.08. The molecule has 1 amide bonds. The van der Waals surface area contributed by atoms with Gasteiger partial charge in [-0.25, -0.2) is 4.98 Å². The molecule has 1 N–H and O–H groups in total. The average molecular weight is 337 g/mol. The molecule has 1 aliphatic carbocycles. The first-order chi connectivity index (χ1) is 12.2. The number of amides is 1. The number of aryl methyl sites for hydroxylation is 1. The highest BCUT2D eigenvalue weighted by Crippen LogP contribution is 2.33. The van der Waals surface area contributed by atoms with Gasteiger partial charge < -0.3 is 5.32 Å². The summed E-state index contributed by atoms with van der Waals surface area (Å²) in [4.78, 5) is 29.0. The van der Waals surface area contributed by atoms with Crippen LogP contribution in [-0.2, 0) is 11.3 Å². The van der Waals surface area contributed by atoms with E-state index in [1.165, 1.54) is 0 Å². The Morgan fingerprint density at radius 2 is 2.20 bits per heavy atom. The van der Waals surface area contributed by atoms with Crippen molar-refractivity contribution < 1.29 is 4.79 Å². The molecule has 0 radical (unpaired) electrons. The molecule has 1 aromatic carbocycles. The predicted octanol–water partition coefficient (Wildman–Crippen LogP) is 2.35. The Bertz CT molecular complexity index is 957. The quantitative estimate of drug-likeness (QED) is 0.748. The maximum absolute atomic E-state index is 12.6. The number of benzene rings is 1. The van der Waals surface area contributed by atoms with Crippen molar-refractivity contribution in [2.45, 2.75) is 38.3 Å². The summed E-state index contributed by atoms with van der Waals surface area (Å²) in [6.07, 6.45) is 8.38. The fourth-order valence-corrected chi connectivity index (χ4v) is 2.88. The topological polar surface area (TPSA) is 81.8 Å². The van der Waals surface area contributed by atoms with Gasteiger partial charge in [-0.15, -0.1) is 0 Å². The van der Waals surface area contributed by atoms with Crippen LogP contribution in [0.1, 0.15) is 31.7 Å². The Kier molecular flexibility index (Phi) is 4.05. The van der Waals surface area contributed by atoms with E-state index in [-0.39, 0.29) is 17.5 Å². The van der Waals surface area contributed by atoms with E-state index in [2.05, 4.69) is 15.4 Å². The van der Waals surface area contributed by atoms with Crippen LogP contribution in [0.2, 0.25) is 0 Å². The molecule has 0 spiro atoms. The fourth-order valence-electron chi connectivity index (χ4n) is 2.88.